The van der Waals surface area contributed by atoms with Crippen LogP contribution in [0.1, 0.15) is 32.5 Å². The maximum Gasteiger partial charge on any atom is 0.105 e. The first-order valence-electron chi connectivity index (χ1n) is 6.12. The predicted octanol–water partition coefficient (Wildman–Crippen LogP) is 4.64. The van der Waals surface area contributed by atoms with Crippen LogP contribution in [0.15, 0.2) is 29.3 Å². The number of hydrogen-bond donors (Lipinski definition) is 1. The second kappa shape index (κ2) is 5.35. The lowest BCUT2D eigenvalue weighted by Crippen LogP contribution is -2.12. The molecular formula is C15H17ClN2S. The average Bonchev–Trinajstić information content (AvgIpc) is 2.63. The highest BCUT2D eigenvalue weighted by Gasteiger charge is 2.24. The van der Waals surface area contributed by atoms with Crippen molar-refractivity contribution in [2.45, 2.75) is 26.8 Å². The van der Waals surface area contributed by atoms with E-state index >= 15 is 0 Å². The summed E-state index contributed by atoms with van der Waals surface area (Å²) in [7, 11) is 0. The summed E-state index contributed by atoms with van der Waals surface area (Å²) in [4.78, 5) is 7.42. The van der Waals surface area contributed by atoms with E-state index in [1.165, 1.54) is 32.1 Å². The number of halogens is 1. The van der Waals surface area contributed by atoms with Crippen LogP contribution in [0.25, 0.3) is 0 Å². The van der Waals surface area contributed by atoms with Crippen molar-refractivity contribution in [3.8, 4) is 0 Å². The summed E-state index contributed by atoms with van der Waals surface area (Å²) in [5.74, 6) is 0. The molecule has 0 amide bonds. The van der Waals surface area contributed by atoms with Gasteiger partial charge < -0.3 is 5.32 Å². The van der Waals surface area contributed by atoms with Crippen LogP contribution in [0, 0.1) is 20.8 Å². The summed E-state index contributed by atoms with van der Waals surface area (Å²) < 4.78 is 0. The summed E-state index contributed by atoms with van der Waals surface area (Å²) >= 11 is 1.87. The van der Waals surface area contributed by atoms with E-state index < -0.39 is 0 Å². The number of aryl methyl sites for hydroxylation is 2. The van der Waals surface area contributed by atoms with Gasteiger partial charge in [0.15, 0.2) is 0 Å². The van der Waals surface area contributed by atoms with Gasteiger partial charge in [0, 0.05) is 21.0 Å². The zero-order chi connectivity index (χ0) is 12.7. The fraction of sp³-hybridized carbons (Fsp3) is 0.267. The van der Waals surface area contributed by atoms with Crippen LogP contribution >= 0.6 is 23.7 Å². The quantitative estimate of drug-likeness (QED) is 0.813. The van der Waals surface area contributed by atoms with Crippen molar-refractivity contribution in [3.63, 3.8) is 0 Å². The number of nitrogens with zero attached hydrogens (tertiary/aromatic N) is 1. The molecule has 2 heterocycles. The van der Waals surface area contributed by atoms with E-state index in [1.807, 2.05) is 17.7 Å². The molecule has 1 N–H and O–H groups in total. The van der Waals surface area contributed by atoms with Crippen molar-refractivity contribution in [1.29, 1.82) is 0 Å². The van der Waals surface area contributed by atoms with Crippen LogP contribution in [0.3, 0.4) is 0 Å². The first-order chi connectivity index (χ1) is 8.68. The van der Waals surface area contributed by atoms with E-state index in [2.05, 4.69) is 55.3 Å². The van der Waals surface area contributed by atoms with Crippen molar-refractivity contribution >= 4 is 35.8 Å². The van der Waals surface area contributed by atoms with Crippen molar-refractivity contribution in [2.75, 3.05) is 5.32 Å². The maximum atomic E-state index is 4.65. The Balaban J connectivity index is 0.00000133. The first kappa shape index (κ1) is 14.1. The molecule has 0 fully saturated rings. The van der Waals surface area contributed by atoms with Crippen molar-refractivity contribution in [3.05, 3.63) is 50.7 Å². The molecule has 1 aliphatic heterocycles. The molecule has 0 bridgehead atoms. The van der Waals surface area contributed by atoms with Gasteiger partial charge in [-0.25, -0.2) is 0 Å². The van der Waals surface area contributed by atoms with Gasteiger partial charge in [0.25, 0.3) is 0 Å². The van der Waals surface area contributed by atoms with Gasteiger partial charge in [-0.15, -0.1) is 23.7 Å². The van der Waals surface area contributed by atoms with Crippen LogP contribution < -0.4 is 5.32 Å². The summed E-state index contributed by atoms with van der Waals surface area (Å²) in [5, 5.41) is 3.22. The van der Waals surface area contributed by atoms with Gasteiger partial charge in [-0.2, -0.15) is 0 Å². The molecule has 2 nitrogen and oxygen atoms in total. The van der Waals surface area contributed by atoms with E-state index in [4.69, 9.17) is 0 Å². The molecule has 0 radical (unpaired) electrons. The van der Waals surface area contributed by atoms with E-state index in [9.17, 15) is 0 Å². The minimum Gasteiger partial charge on any atom is -0.346 e. The van der Waals surface area contributed by atoms with Gasteiger partial charge >= 0.3 is 0 Å². The Kier molecular flexibility index (Phi) is 3.97. The molecule has 1 aromatic heterocycles. The Morgan fingerprint density at radius 2 is 1.84 bits per heavy atom. The Morgan fingerprint density at radius 1 is 1.11 bits per heavy atom. The standard InChI is InChI=1S/C15H16N2S.ClH/c1-9-10(2)18-11(3)14(9)15-12-6-4-5-7-13(12)16-8-17-15;/h4-8,15H,1-3H3,(H,16,17);1H. The summed E-state index contributed by atoms with van der Waals surface area (Å²) in [5.41, 5.74) is 5.20. The molecule has 19 heavy (non-hydrogen) atoms. The highest BCUT2D eigenvalue weighted by molar-refractivity contribution is 7.12. The average molecular weight is 293 g/mol. The normalized spacial score (nSPS) is 16.5. The molecule has 1 unspecified atom stereocenters. The van der Waals surface area contributed by atoms with E-state index in [1.54, 1.807) is 0 Å². The number of fused-ring (bicyclic) bond motifs is 1. The molecule has 1 atom stereocenters. The minimum absolute atomic E-state index is 0. The van der Waals surface area contributed by atoms with Crippen LogP contribution in [-0.2, 0) is 0 Å². The van der Waals surface area contributed by atoms with Crippen molar-refractivity contribution in [2.24, 2.45) is 4.99 Å². The highest BCUT2D eigenvalue weighted by atomic mass is 35.5. The number of benzene rings is 1. The van der Waals surface area contributed by atoms with E-state index in [0.717, 1.165) is 0 Å². The smallest absolute Gasteiger partial charge is 0.105 e. The molecule has 1 aliphatic rings. The maximum absolute atomic E-state index is 4.65. The fourth-order valence-corrected chi connectivity index (χ4v) is 3.67. The van der Waals surface area contributed by atoms with Crippen LogP contribution in [0.4, 0.5) is 5.69 Å². The molecule has 0 saturated carbocycles. The SMILES string of the molecule is Cc1sc(C)c(C2N=CNc3ccccc32)c1C.Cl. The number of anilines is 1. The lowest BCUT2D eigenvalue weighted by atomic mass is 9.94. The second-order valence-electron chi connectivity index (χ2n) is 4.67. The summed E-state index contributed by atoms with van der Waals surface area (Å²) in [6.45, 7) is 6.59. The van der Waals surface area contributed by atoms with Crippen LogP contribution in [0.2, 0.25) is 0 Å². The molecule has 0 aliphatic carbocycles. The fourth-order valence-electron chi connectivity index (χ4n) is 2.57. The van der Waals surface area contributed by atoms with Crippen LogP contribution in [-0.4, -0.2) is 6.34 Å². The van der Waals surface area contributed by atoms with Crippen molar-refractivity contribution < 1.29 is 0 Å². The Morgan fingerprint density at radius 3 is 2.53 bits per heavy atom. The minimum atomic E-state index is 0. The molecule has 0 saturated heterocycles. The van der Waals surface area contributed by atoms with Gasteiger partial charge in [0.1, 0.15) is 6.04 Å². The van der Waals surface area contributed by atoms with Gasteiger partial charge in [-0.05, 0) is 38.0 Å². The lowest BCUT2D eigenvalue weighted by Gasteiger charge is -2.22. The highest BCUT2D eigenvalue weighted by Crippen LogP contribution is 2.40. The molecule has 100 valence electrons. The molecule has 0 spiro atoms. The molecule has 2 aromatic rings. The lowest BCUT2D eigenvalue weighted by molar-refractivity contribution is 0.858. The Labute approximate surface area is 124 Å². The third kappa shape index (κ3) is 2.28. The number of thiophene rings is 1. The van der Waals surface area contributed by atoms with Gasteiger partial charge in [0.2, 0.25) is 0 Å². The molecule has 4 heteroatoms. The second-order valence-corrected chi connectivity index (χ2v) is 6.09. The third-order valence-electron chi connectivity index (χ3n) is 3.59. The summed E-state index contributed by atoms with van der Waals surface area (Å²) in [6.07, 6.45) is 1.82. The first-order valence-corrected chi connectivity index (χ1v) is 6.93. The number of aliphatic imine (C=N–C) groups is 1. The summed E-state index contributed by atoms with van der Waals surface area (Å²) in [6, 6.07) is 8.55. The zero-order valence-corrected chi connectivity index (χ0v) is 12.9. The van der Waals surface area contributed by atoms with E-state index in [-0.39, 0.29) is 18.4 Å². The van der Waals surface area contributed by atoms with Gasteiger partial charge in [-0.3, -0.25) is 4.99 Å². The molecule has 3 rings (SSSR count). The zero-order valence-electron chi connectivity index (χ0n) is 11.2. The van der Waals surface area contributed by atoms with Gasteiger partial charge in [-0.1, -0.05) is 18.2 Å². The number of rotatable bonds is 1. The topological polar surface area (TPSA) is 24.4 Å². The van der Waals surface area contributed by atoms with Crippen molar-refractivity contribution in [1.82, 2.24) is 0 Å². The Hall–Kier alpha value is -1.32. The monoisotopic (exact) mass is 292 g/mol. The number of para-hydroxylation sites is 1. The molecular weight excluding hydrogens is 276 g/mol. The largest absolute Gasteiger partial charge is 0.346 e. The Bertz CT molecular complexity index is 631. The predicted molar refractivity (Wildman–Crippen MR) is 86.2 cm³/mol. The third-order valence-corrected chi connectivity index (χ3v) is 4.73. The number of nitrogens with one attached hydrogen (secondary N) is 1. The number of hydrogen-bond acceptors (Lipinski definition) is 3. The van der Waals surface area contributed by atoms with E-state index in [0.29, 0.717) is 0 Å². The van der Waals surface area contributed by atoms with Crippen LogP contribution in [0.5, 0.6) is 0 Å². The molecule has 1 aromatic carbocycles. The van der Waals surface area contributed by atoms with Gasteiger partial charge in [0.05, 0.1) is 6.34 Å².